The zero-order valence-electron chi connectivity index (χ0n) is 8.43. The average molecular weight is 260 g/mol. The number of benzene rings is 1. The molecule has 1 aromatic rings. The molecule has 0 radical (unpaired) electrons. The van der Waals surface area contributed by atoms with Gasteiger partial charge in [-0.05, 0) is 18.2 Å². The lowest BCUT2D eigenvalue weighted by Crippen LogP contribution is -2.21. The fraction of sp³-hybridized carbons (Fsp3) is 0. The summed E-state index contributed by atoms with van der Waals surface area (Å²) in [6.45, 7) is 0. The molecule has 7 nitrogen and oxygen atoms in total. The average Bonchev–Trinajstić information content (AvgIpc) is 2.16. The van der Waals surface area contributed by atoms with Crippen molar-refractivity contribution in [3.63, 3.8) is 0 Å². The van der Waals surface area contributed by atoms with Crippen molar-refractivity contribution in [1.29, 1.82) is 5.41 Å². The van der Waals surface area contributed by atoms with Gasteiger partial charge < -0.3 is 21.3 Å². The van der Waals surface area contributed by atoms with Gasteiger partial charge in [-0.15, -0.1) is 12.4 Å². The lowest BCUT2D eigenvalue weighted by molar-refractivity contribution is 0.0651. The Kier molecular flexibility index (Phi) is 4.94. The molecule has 0 aliphatic rings. The molecule has 0 aromatic heterocycles. The van der Waals surface area contributed by atoms with E-state index in [4.69, 9.17) is 21.4 Å². The Morgan fingerprint density at radius 2 is 1.71 bits per heavy atom. The minimum Gasteiger partial charge on any atom is -0.478 e. The topological polar surface area (TPSA) is 136 Å². The summed E-state index contributed by atoms with van der Waals surface area (Å²) < 4.78 is 0. The number of rotatable bonds is 3. The zero-order chi connectivity index (χ0) is 12.3. The van der Waals surface area contributed by atoms with Crippen LogP contribution in [0.5, 0.6) is 0 Å². The van der Waals surface area contributed by atoms with E-state index in [0.29, 0.717) is 0 Å². The highest BCUT2D eigenvalue weighted by Gasteiger charge is 2.16. The quantitative estimate of drug-likeness (QED) is 0.402. The second-order valence-electron chi connectivity index (χ2n) is 2.91. The van der Waals surface area contributed by atoms with Crippen LogP contribution in [0, 0.1) is 5.41 Å². The Morgan fingerprint density at radius 3 is 2.12 bits per heavy atom. The highest BCUT2D eigenvalue weighted by atomic mass is 35.5. The van der Waals surface area contributed by atoms with Gasteiger partial charge in [0.15, 0.2) is 5.96 Å². The van der Waals surface area contributed by atoms with E-state index in [1.54, 1.807) is 0 Å². The lowest BCUT2D eigenvalue weighted by atomic mass is 10.1. The summed E-state index contributed by atoms with van der Waals surface area (Å²) in [5.74, 6) is -3.05. The van der Waals surface area contributed by atoms with Gasteiger partial charge in [-0.25, -0.2) is 9.59 Å². The van der Waals surface area contributed by atoms with Gasteiger partial charge >= 0.3 is 11.9 Å². The number of carbonyl (C=O) groups is 2. The third-order valence-electron chi connectivity index (χ3n) is 1.76. The fourth-order valence-electron chi connectivity index (χ4n) is 1.14. The van der Waals surface area contributed by atoms with E-state index < -0.39 is 11.9 Å². The number of halogens is 1. The molecule has 0 saturated carbocycles. The molecule has 0 aliphatic carbocycles. The van der Waals surface area contributed by atoms with Gasteiger partial charge in [0.1, 0.15) is 0 Å². The molecule has 0 unspecified atom stereocenters. The van der Waals surface area contributed by atoms with Crippen molar-refractivity contribution in [2.45, 2.75) is 0 Å². The maximum absolute atomic E-state index is 10.8. The van der Waals surface area contributed by atoms with Gasteiger partial charge in [0.2, 0.25) is 0 Å². The van der Waals surface area contributed by atoms with Crippen LogP contribution in [0.2, 0.25) is 0 Å². The van der Waals surface area contributed by atoms with Crippen LogP contribution in [0.3, 0.4) is 0 Å². The van der Waals surface area contributed by atoms with Crippen molar-refractivity contribution >= 4 is 36.0 Å². The summed E-state index contributed by atoms with van der Waals surface area (Å²) in [6, 6.07) is 3.57. The van der Waals surface area contributed by atoms with E-state index in [2.05, 4.69) is 5.32 Å². The van der Waals surface area contributed by atoms with Gasteiger partial charge in [0, 0.05) is 5.69 Å². The summed E-state index contributed by atoms with van der Waals surface area (Å²) >= 11 is 0. The number of guanidine groups is 1. The molecule has 0 spiro atoms. The molecule has 8 heteroatoms. The van der Waals surface area contributed by atoms with Crippen LogP contribution >= 0.6 is 12.4 Å². The van der Waals surface area contributed by atoms with Crippen molar-refractivity contribution in [2.24, 2.45) is 5.73 Å². The first-order valence-corrected chi connectivity index (χ1v) is 4.13. The largest absolute Gasteiger partial charge is 0.478 e. The van der Waals surface area contributed by atoms with Crippen LogP contribution in [0.4, 0.5) is 5.69 Å². The van der Waals surface area contributed by atoms with Crippen molar-refractivity contribution in [1.82, 2.24) is 0 Å². The van der Waals surface area contributed by atoms with Gasteiger partial charge in [0.25, 0.3) is 0 Å². The van der Waals surface area contributed by atoms with Gasteiger partial charge in [-0.1, -0.05) is 0 Å². The number of aromatic carboxylic acids is 2. The molecule has 17 heavy (non-hydrogen) atoms. The zero-order valence-corrected chi connectivity index (χ0v) is 9.25. The van der Waals surface area contributed by atoms with Crippen LogP contribution < -0.4 is 11.1 Å². The van der Waals surface area contributed by atoms with Crippen LogP contribution in [0.15, 0.2) is 18.2 Å². The Hall–Kier alpha value is -2.28. The second-order valence-corrected chi connectivity index (χ2v) is 2.91. The highest BCUT2D eigenvalue weighted by molar-refractivity contribution is 6.03. The first-order valence-electron chi connectivity index (χ1n) is 4.13. The molecule has 0 fully saturated rings. The Bertz CT molecular complexity index is 475. The van der Waals surface area contributed by atoms with Crippen molar-refractivity contribution in [3.8, 4) is 0 Å². The molecular formula is C9H10ClN3O4. The van der Waals surface area contributed by atoms with E-state index in [1.165, 1.54) is 6.07 Å². The van der Waals surface area contributed by atoms with E-state index in [1.807, 2.05) is 0 Å². The van der Waals surface area contributed by atoms with Crippen LogP contribution in [-0.4, -0.2) is 28.1 Å². The third kappa shape index (κ3) is 3.65. The molecule has 0 saturated heterocycles. The number of nitrogens with one attached hydrogen (secondary N) is 2. The van der Waals surface area contributed by atoms with E-state index in [-0.39, 0.29) is 35.2 Å². The smallest absolute Gasteiger partial charge is 0.336 e. The van der Waals surface area contributed by atoms with E-state index in [0.717, 1.165) is 12.1 Å². The van der Waals surface area contributed by atoms with Crippen molar-refractivity contribution in [2.75, 3.05) is 5.32 Å². The van der Waals surface area contributed by atoms with Crippen molar-refractivity contribution in [3.05, 3.63) is 29.3 Å². The number of hydrogen-bond acceptors (Lipinski definition) is 3. The first kappa shape index (κ1) is 14.7. The van der Waals surface area contributed by atoms with Gasteiger partial charge in [0.05, 0.1) is 11.1 Å². The summed E-state index contributed by atoms with van der Waals surface area (Å²) in [4.78, 5) is 21.5. The monoisotopic (exact) mass is 259 g/mol. The second kappa shape index (κ2) is 5.71. The molecular weight excluding hydrogens is 250 g/mol. The van der Waals surface area contributed by atoms with E-state index in [9.17, 15) is 9.59 Å². The van der Waals surface area contributed by atoms with E-state index >= 15 is 0 Å². The summed E-state index contributed by atoms with van der Waals surface area (Å²) in [7, 11) is 0. The molecule has 1 rings (SSSR count). The van der Waals surface area contributed by atoms with Crippen LogP contribution in [0.1, 0.15) is 20.7 Å². The lowest BCUT2D eigenvalue weighted by Gasteiger charge is -2.06. The minimum atomic E-state index is -1.36. The molecule has 0 bridgehead atoms. The number of hydrogen-bond donors (Lipinski definition) is 5. The maximum Gasteiger partial charge on any atom is 0.336 e. The highest BCUT2D eigenvalue weighted by Crippen LogP contribution is 2.16. The standard InChI is InChI=1S/C9H9N3O4.ClH/c10-9(11)12-4-1-2-5(7(13)14)6(3-4)8(15)16;/h1-3H,(H,13,14)(H,15,16)(H4,10,11,12);1H. The maximum atomic E-state index is 10.8. The van der Waals surface area contributed by atoms with Gasteiger partial charge in [-0.3, -0.25) is 5.41 Å². The molecule has 0 atom stereocenters. The number of carboxylic acid groups (broad SMARTS) is 2. The molecule has 1 aromatic carbocycles. The predicted octanol–water partition coefficient (Wildman–Crippen LogP) is 0.810. The van der Waals surface area contributed by atoms with Crippen LogP contribution in [0.25, 0.3) is 0 Å². The Balaban J connectivity index is 0.00000256. The molecule has 0 heterocycles. The molecule has 0 aliphatic heterocycles. The SMILES string of the molecule is Cl.N=C(N)Nc1ccc(C(=O)O)c(C(=O)O)c1. The van der Waals surface area contributed by atoms with Crippen LogP contribution in [-0.2, 0) is 0 Å². The number of anilines is 1. The normalized spacial score (nSPS) is 8.94. The molecule has 0 amide bonds. The summed E-state index contributed by atoms with van der Waals surface area (Å²) in [6.07, 6.45) is 0. The summed E-state index contributed by atoms with van der Waals surface area (Å²) in [5.41, 5.74) is 4.62. The fourth-order valence-corrected chi connectivity index (χ4v) is 1.14. The first-order chi connectivity index (χ1) is 7.41. The predicted molar refractivity (Wildman–Crippen MR) is 63.1 cm³/mol. The number of nitrogens with two attached hydrogens (primary N) is 1. The van der Waals surface area contributed by atoms with Gasteiger partial charge in [-0.2, -0.15) is 0 Å². The number of carboxylic acids is 2. The Labute approximate surface area is 102 Å². The third-order valence-corrected chi connectivity index (χ3v) is 1.76. The molecule has 6 N–H and O–H groups in total. The van der Waals surface area contributed by atoms with Crippen molar-refractivity contribution < 1.29 is 19.8 Å². The minimum absolute atomic E-state index is 0. The Morgan fingerprint density at radius 1 is 1.18 bits per heavy atom. The summed E-state index contributed by atoms with van der Waals surface area (Å²) in [5, 5.41) is 26.9. The molecule has 92 valence electrons.